The average molecular weight is 515 g/mol. The summed E-state index contributed by atoms with van der Waals surface area (Å²) in [5.41, 5.74) is 3.16. The summed E-state index contributed by atoms with van der Waals surface area (Å²) >= 11 is 6.27. The van der Waals surface area contributed by atoms with Gasteiger partial charge in [-0.2, -0.15) is 0 Å². The van der Waals surface area contributed by atoms with Crippen molar-refractivity contribution < 1.29 is 22.7 Å². The monoisotopic (exact) mass is 514 g/mol. The molecule has 0 aliphatic heterocycles. The second kappa shape index (κ2) is 10.9. The highest BCUT2D eigenvalue weighted by Crippen LogP contribution is 2.28. The Morgan fingerprint density at radius 3 is 2.31 bits per heavy atom. The minimum atomic E-state index is -4.09. The molecule has 0 saturated heterocycles. The number of sulfonamides is 1. The Labute approximate surface area is 210 Å². The molecule has 0 radical (unpaired) electrons. The first-order valence-electron chi connectivity index (χ1n) is 11.0. The van der Waals surface area contributed by atoms with Crippen molar-refractivity contribution in [3.05, 3.63) is 87.9 Å². The van der Waals surface area contributed by atoms with Crippen LogP contribution < -0.4 is 9.62 Å². The van der Waals surface area contributed by atoms with Crippen molar-refractivity contribution in [1.82, 2.24) is 0 Å². The van der Waals surface area contributed by atoms with Gasteiger partial charge >= 0.3 is 5.97 Å². The van der Waals surface area contributed by atoms with Crippen molar-refractivity contribution in [1.29, 1.82) is 0 Å². The summed E-state index contributed by atoms with van der Waals surface area (Å²) < 4.78 is 33.2. The predicted molar refractivity (Wildman–Crippen MR) is 138 cm³/mol. The summed E-state index contributed by atoms with van der Waals surface area (Å²) in [6.45, 7) is 6.77. The number of hydrogen-bond acceptors (Lipinski definition) is 5. The zero-order valence-corrected chi connectivity index (χ0v) is 21.5. The zero-order valence-electron chi connectivity index (χ0n) is 20.0. The van der Waals surface area contributed by atoms with Gasteiger partial charge in [0, 0.05) is 10.7 Å². The van der Waals surface area contributed by atoms with Crippen LogP contribution in [-0.2, 0) is 19.6 Å². The number of esters is 1. The Hall–Kier alpha value is -3.36. The van der Waals surface area contributed by atoms with Crippen LogP contribution in [0.5, 0.6) is 0 Å². The van der Waals surface area contributed by atoms with Crippen LogP contribution in [0.3, 0.4) is 0 Å². The summed E-state index contributed by atoms with van der Waals surface area (Å²) in [5, 5.41) is 3.10. The van der Waals surface area contributed by atoms with Crippen LogP contribution in [0.15, 0.2) is 65.6 Å². The Morgan fingerprint density at radius 1 is 1.00 bits per heavy atom. The summed E-state index contributed by atoms with van der Waals surface area (Å²) in [5.74, 6) is -1.08. The zero-order chi connectivity index (χ0) is 25.8. The number of amides is 1. The number of rotatable bonds is 8. The van der Waals surface area contributed by atoms with E-state index in [4.69, 9.17) is 16.3 Å². The summed E-state index contributed by atoms with van der Waals surface area (Å²) in [7, 11) is -4.09. The second-order valence-electron chi connectivity index (χ2n) is 8.01. The Balaban J connectivity index is 1.96. The second-order valence-corrected chi connectivity index (χ2v) is 10.3. The van der Waals surface area contributed by atoms with Crippen LogP contribution >= 0.6 is 11.6 Å². The first-order valence-corrected chi connectivity index (χ1v) is 12.8. The van der Waals surface area contributed by atoms with Crippen molar-refractivity contribution >= 4 is 44.9 Å². The molecule has 184 valence electrons. The lowest BCUT2D eigenvalue weighted by atomic mass is 10.1. The number of halogens is 1. The lowest BCUT2D eigenvalue weighted by Gasteiger charge is -2.25. The highest BCUT2D eigenvalue weighted by molar-refractivity contribution is 7.92. The number of carbonyl (C=O) groups excluding carboxylic acids is 2. The van der Waals surface area contributed by atoms with Crippen LogP contribution in [0.25, 0.3) is 0 Å². The number of anilines is 2. The third kappa shape index (κ3) is 6.01. The van der Waals surface area contributed by atoms with E-state index in [0.29, 0.717) is 21.8 Å². The Morgan fingerprint density at radius 2 is 1.69 bits per heavy atom. The molecular weight excluding hydrogens is 488 g/mol. The molecule has 7 nitrogen and oxygen atoms in total. The highest BCUT2D eigenvalue weighted by atomic mass is 35.5. The average Bonchev–Trinajstić information content (AvgIpc) is 2.81. The van der Waals surface area contributed by atoms with Gasteiger partial charge in [0.2, 0.25) is 5.91 Å². The maximum Gasteiger partial charge on any atom is 0.338 e. The number of carbonyl (C=O) groups is 2. The SMILES string of the molecule is CCOC(=O)c1cccc(NC(=O)CN(c2ccc(C)c(Cl)c2)S(=O)(=O)c2ccc(C)cc2)c1C. The summed E-state index contributed by atoms with van der Waals surface area (Å²) in [6.07, 6.45) is 0. The van der Waals surface area contributed by atoms with Gasteiger partial charge in [-0.25, -0.2) is 13.2 Å². The lowest BCUT2D eigenvalue weighted by molar-refractivity contribution is -0.114. The van der Waals surface area contributed by atoms with Crippen molar-refractivity contribution in [3.63, 3.8) is 0 Å². The van der Waals surface area contributed by atoms with Crippen LogP contribution in [0.4, 0.5) is 11.4 Å². The van der Waals surface area contributed by atoms with E-state index in [2.05, 4.69) is 5.32 Å². The molecule has 0 aliphatic rings. The van der Waals surface area contributed by atoms with Gasteiger partial charge in [-0.05, 0) is 75.2 Å². The van der Waals surface area contributed by atoms with Crippen LogP contribution in [-0.4, -0.2) is 33.4 Å². The number of ether oxygens (including phenoxy) is 1. The van der Waals surface area contributed by atoms with Crippen molar-refractivity contribution in [3.8, 4) is 0 Å². The van der Waals surface area contributed by atoms with Crippen LogP contribution in [0, 0.1) is 20.8 Å². The van der Waals surface area contributed by atoms with Gasteiger partial charge in [0.05, 0.1) is 22.8 Å². The standard InChI is InChI=1S/C26H27ClN2O5S/c1-5-34-26(31)22-7-6-8-24(19(22)4)28-25(30)16-29(20-12-11-18(3)23(27)15-20)35(32,33)21-13-9-17(2)10-14-21/h6-15H,5,16H2,1-4H3,(H,28,30). The van der Waals surface area contributed by atoms with Crippen molar-refractivity contribution in [2.24, 2.45) is 0 Å². The Kier molecular flexibility index (Phi) is 8.19. The lowest BCUT2D eigenvalue weighted by Crippen LogP contribution is -2.38. The molecule has 0 spiro atoms. The molecule has 3 rings (SSSR count). The fourth-order valence-electron chi connectivity index (χ4n) is 3.41. The molecule has 0 fully saturated rings. The number of hydrogen-bond donors (Lipinski definition) is 1. The van der Waals surface area contributed by atoms with E-state index in [1.165, 1.54) is 18.2 Å². The molecule has 0 aromatic heterocycles. The highest BCUT2D eigenvalue weighted by Gasteiger charge is 2.28. The van der Waals surface area contributed by atoms with E-state index in [9.17, 15) is 18.0 Å². The molecule has 35 heavy (non-hydrogen) atoms. The van der Waals surface area contributed by atoms with E-state index < -0.39 is 28.4 Å². The largest absolute Gasteiger partial charge is 0.462 e. The van der Waals surface area contributed by atoms with E-state index in [0.717, 1.165) is 15.4 Å². The maximum atomic E-state index is 13.6. The van der Waals surface area contributed by atoms with Crippen molar-refractivity contribution in [2.75, 3.05) is 22.8 Å². The molecule has 0 bridgehead atoms. The topological polar surface area (TPSA) is 92.8 Å². The molecule has 1 amide bonds. The molecule has 9 heteroatoms. The summed E-state index contributed by atoms with van der Waals surface area (Å²) in [6, 6.07) is 16.1. The first-order chi connectivity index (χ1) is 16.5. The fraction of sp³-hybridized carbons (Fsp3) is 0.231. The molecule has 3 aromatic carbocycles. The normalized spacial score (nSPS) is 11.1. The molecule has 0 heterocycles. The molecule has 1 N–H and O–H groups in total. The van der Waals surface area contributed by atoms with Gasteiger partial charge in [-0.1, -0.05) is 41.4 Å². The Bertz CT molecular complexity index is 1350. The third-order valence-corrected chi connectivity index (χ3v) is 7.64. The number of aryl methyl sites for hydroxylation is 2. The maximum absolute atomic E-state index is 13.6. The molecule has 3 aromatic rings. The van der Waals surface area contributed by atoms with E-state index >= 15 is 0 Å². The third-order valence-electron chi connectivity index (χ3n) is 5.44. The van der Waals surface area contributed by atoms with Gasteiger partial charge in [0.1, 0.15) is 6.54 Å². The number of benzene rings is 3. The molecule has 0 saturated carbocycles. The van der Waals surface area contributed by atoms with Crippen LogP contribution in [0.2, 0.25) is 5.02 Å². The van der Waals surface area contributed by atoms with Gasteiger partial charge in [0.15, 0.2) is 0 Å². The molecule has 0 unspecified atom stereocenters. The van der Waals surface area contributed by atoms with E-state index in [1.54, 1.807) is 63.2 Å². The van der Waals surface area contributed by atoms with Crippen LogP contribution in [0.1, 0.15) is 34.0 Å². The smallest absolute Gasteiger partial charge is 0.338 e. The fourth-order valence-corrected chi connectivity index (χ4v) is 5.00. The summed E-state index contributed by atoms with van der Waals surface area (Å²) in [4.78, 5) is 25.3. The van der Waals surface area contributed by atoms with Gasteiger partial charge in [0.25, 0.3) is 10.0 Å². The van der Waals surface area contributed by atoms with Gasteiger partial charge < -0.3 is 10.1 Å². The number of nitrogens with one attached hydrogen (secondary N) is 1. The van der Waals surface area contributed by atoms with Gasteiger partial charge in [-0.3, -0.25) is 9.10 Å². The minimum absolute atomic E-state index is 0.0492. The van der Waals surface area contributed by atoms with E-state index in [-0.39, 0.29) is 17.2 Å². The molecular formula is C26H27ClN2O5S. The van der Waals surface area contributed by atoms with E-state index in [1.807, 2.05) is 6.92 Å². The quantitative estimate of drug-likeness (QED) is 0.413. The van der Waals surface area contributed by atoms with Crippen molar-refractivity contribution in [2.45, 2.75) is 32.6 Å². The predicted octanol–water partition coefficient (Wildman–Crippen LogP) is 5.28. The minimum Gasteiger partial charge on any atom is -0.462 e. The first kappa shape index (κ1) is 26.2. The van der Waals surface area contributed by atoms with Gasteiger partial charge in [-0.15, -0.1) is 0 Å². The molecule has 0 atom stereocenters. The molecule has 0 aliphatic carbocycles. The number of nitrogens with zero attached hydrogens (tertiary/aromatic N) is 1.